The van der Waals surface area contributed by atoms with Gasteiger partial charge in [-0.05, 0) is 77.5 Å². The third kappa shape index (κ3) is 5.08. The standard InChI is InChI=1S/C18H15F3IN2OPS/c1-26(2,25)14-5-3-13(4-6-14)23-16-10-22-9-15(18(19,20)21)17(24-16)12-7-8-27-11-12/h3-9,11,23H,1-2H3. The molecule has 2 aromatic rings. The van der Waals surface area contributed by atoms with Crippen LogP contribution >= 0.6 is 39.2 Å². The zero-order valence-electron chi connectivity index (χ0n) is 14.3. The summed E-state index contributed by atoms with van der Waals surface area (Å²) in [6, 6.07) is 8.60. The van der Waals surface area contributed by atoms with Gasteiger partial charge >= 0.3 is 6.18 Å². The Morgan fingerprint density at radius 1 is 1.19 bits per heavy atom. The topological polar surface area (TPSA) is 41.5 Å². The van der Waals surface area contributed by atoms with Gasteiger partial charge in [-0.2, -0.15) is 24.5 Å². The van der Waals surface area contributed by atoms with Gasteiger partial charge in [0.1, 0.15) is 7.14 Å². The molecular formula is C18H15F3IN2OPS. The number of aliphatic imine (C=N–C) groups is 1. The van der Waals surface area contributed by atoms with E-state index in [1.54, 1.807) is 54.4 Å². The van der Waals surface area contributed by atoms with Crippen LogP contribution in [0.3, 0.4) is 0 Å². The minimum atomic E-state index is -4.47. The van der Waals surface area contributed by atoms with Crippen LogP contribution in [-0.4, -0.2) is 28.9 Å². The minimum absolute atomic E-state index is 0.0980. The Hall–Kier alpha value is -1.47. The van der Waals surface area contributed by atoms with E-state index in [0.717, 1.165) is 5.30 Å². The van der Waals surface area contributed by atoms with Gasteiger partial charge in [0.2, 0.25) is 0 Å². The monoisotopic (exact) mass is 522 g/mol. The molecule has 3 rings (SSSR count). The summed E-state index contributed by atoms with van der Waals surface area (Å²) in [6.45, 7) is 3.37. The number of hydrogen-bond donors (Lipinski definition) is 1. The first-order chi connectivity index (χ1) is 12.6. The highest BCUT2D eigenvalue weighted by Gasteiger charge is 2.38. The summed E-state index contributed by atoms with van der Waals surface area (Å²) in [5, 5.41) is 7.13. The predicted molar refractivity (Wildman–Crippen MR) is 117 cm³/mol. The molecule has 1 aromatic heterocycles. The largest absolute Gasteiger partial charge is 0.418 e. The van der Waals surface area contributed by atoms with Gasteiger partial charge in [-0.25, -0.2) is 4.99 Å². The van der Waals surface area contributed by atoms with Crippen molar-refractivity contribution in [3.63, 3.8) is 0 Å². The SMILES string of the molecule is CP(C)(=O)c1ccc(NC2=C=IC=C(C(F)(F)F)C(c3ccsc3)=N2)cc1. The molecule has 0 unspecified atom stereocenters. The second kappa shape index (κ2) is 7.87. The molecule has 0 atom stereocenters. The summed E-state index contributed by atoms with van der Waals surface area (Å²) in [4.78, 5) is 4.23. The Balaban J connectivity index is 1.94. The molecule has 0 bridgehead atoms. The van der Waals surface area contributed by atoms with Gasteiger partial charge in [0.05, 0.1) is 11.3 Å². The summed E-state index contributed by atoms with van der Waals surface area (Å²) in [5.41, 5.74) is 0.275. The van der Waals surface area contributed by atoms with Gasteiger partial charge in [0, 0.05) is 21.9 Å². The van der Waals surface area contributed by atoms with E-state index in [1.807, 2.05) is 0 Å². The predicted octanol–water partition coefficient (Wildman–Crippen LogP) is 5.57. The molecule has 2 heterocycles. The fourth-order valence-corrected chi connectivity index (χ4v) is 5.46. The van der Waals surface area contributed by atoms with Crippen LogP contribution in [0.25, 0.3) is 0 Å². The lowest BCUT2D eigenvalue weighted by atomic mass is 10.1. The number of anilines is 1. The normalized spacial score (nSPS) is 15.2. The maximum atomic E-state index is 13.5. The lowest BCUT2D eigenvalue weighted by Crippen LogP contribution is -2.21. The molecule has 1 aliphatic heterocycles. The number of benzene rings is 1. The van der Waals surface area contributed by atoms with Crippen molar-refractivity contribution in [2.45, 2.75) is 6.18 Å². The quantitative estimate of drug-likeness (QED) is 0.422. The van der Waals surface area contributed by atoms with Crippen molar-refractivity contribution in [1.82, 2.24) is 0 Å². The first-order valence-corrected chi connectivity index (χ1v) is 13.6. The summed E-state index contributed by atoms with van der Waals surface area (Å²) in [6.07, 6.45) is -4.47. The maximum absolute atomic E-state index is 13.5. The number of halogens is 4. The average Bonchev–Trinajstić information content (AvgIpc) is 3.01. The van der Waals surface area contributed by atoms with Crippen molar-refractivity contribution < 1.29 is 17.7 Å². The lowest BCUT2D eigenvalue weighted by molar-refractivity contribution is -0.0857. The molecule has 9 heteroatoms. The molecule has 27 heavy (non-hydrogen) atoms. The van der Waals surface area contributed by atoms with Crippen LogP contribution in [0.4, 0.5) is 18.9 Å². The van der Waals surface area contributed by atoms with Crippen LogP contribution in [0, 0.1) is 0 Å². The highest BCUT2D eigenvalue weighted by Crippen LogP contribution is 2.35. The second-order valence-corrected chi connectivity index (χ2v) is 11.9. The van der Waals surface area contributed by atoms with Gasteiger partial charge in [0.25, 0.3) is 0 Å². The van der Waals surface area contributed by atoms with Crippen LogP contribution in [0.1, 0.15) is 5.56 Å². The highest BCUT2D eigenvalue weighted by molar-refractivity contribution is 14.2. The lowest BCUT2D eigenvalue weighted by Gasteiger charge is -2.13. The Morgan fingerprint density at radius 2 is 1.89 bits per heavy atom. The molecule has 0 saturated carbocycles. The Bertz CT molecular complexity index is 1010. The fraction of sp³-hybridized carbons (Fsp3) is 0.167. The van der Waals surface area contributed by atoms with E-state index in [1.165, 1.54) is 15.4 Å². The van der Waals surface area contributed by atoms with Crippen molar-refractivity contribution in [2.75, 3.05) is 18.6 Å². The Labute approximate surface area is 168 Å². The molecule has 1 aromatic carbocycles. The third-order valence-electron chi connectivity index (χ3n) is 3.64. The van der Waals surface area contributed by atoms with Crippen molar-refractivity contribution in [3.8, 4) is 0 Å². The molecule has 0 amide bonds. The number of thiophene rings is 1. The van der Waals surface area contributed by atoms with E-state index >= 15 is 0 Å². The fourth-order valence-electron chi connectivity index (χ4n) is 2.29. The number of hydrogen-bond acceptors (Lipinski definition) is 4. The summed E-state index contributed by atoms with van der Waals surface area (Å²) in [5.74, 6) is 0.267. The number of allylic oxidation sites excluding steroid dienone is 1. The highest BCUT2D eigenvalue weighted by atomic mass is 127. The van der Waals surface area contributed by atoms with Crippen LogP contribution < -0.4 is 10.6 Å². The van der Waals surface area contributed by atoms with E-state index in [9.17, 15) is 17.7 Å². The van der Waals surface area contributed by atoms with Crippen LogP contribution in [-0.2, 0) is 4.57 Å². The van der Waals surface area contributed by atoms with Crippen molar-refractivity contribution in [2.24, 2.45) is 4.99 Å². The molecule has 0 fully saturated rings. The second-order valence-electron chi connectivity index (χ2n) is 6.07. The maximum Gasteiger partial charge on any atom is 0.418 e. The summed E-state index contributed by atoms with van der Waals surface area (Å²) >= 11 is 0.244. The molecule has 1 aliphatic rings. The number of rotatable bonds is 4. The average molecular weight is 522 g/mol. The molecule has 0 aliphatic carbocycles. The molecule has 0 spiro atoms. The van der Waals surface area contributed by atoms with E-state index in [0.29, 0.717) is 11.3 Å². The molecule has 3 nitrogen and oxygen atoms in total. The molecule has 0 saturated heterocycles. The van der Waals surface area contributed by atoms with E-state index < -0.39 is 39.6 Å². The van der Waals surface area contributed by atoms with Gasteiger partial charge in [-0.15, -0.1) is 0 Å². The zero-order chi connectivity index (χ0) is 19.7. The molecular weight excluding hydrogens is 507 g/mol. The van der Waals surface area contributed by atoms with Crippen molar-refractivity contribution in [3.05, 3.63) is 62.1 Å². The molecule has 0 radical (unpaired) electrons. The Morgan fingerprint density at radius 3 is 2.44 bits per heavy atom. The number of nitrogens with zero attached hydrogens (tertiary/aromatic N) is 1. The van der Waals surface area contributed by atoms with Gasteiger partial charge in [0.15, 0.2) is 5.82 Å². The number of nitrogens with one attached hydrogen (secondary N) is 1. The minimum Gasteiger partial charge on any atom is -0.333 e. The van der Waals surface area contributed by atoms with Gasteiger partial charge in [-0.1, -0.05) is 0 Å². The molecule has 142 valence electrons. The smallest absolute Gasteiger partial charge is 0.333 e. The first-order valence-electron chi connectivity index (χ1n) is 7.71. The summed E-state index contributed by atoms with van der Waals surface area (Å²) < 4.78 is 56.7. The third-order valence-corrected chi connectivity index (χ3v) is 7.62. The molecule has 1 N–H and O–H groups in total. The van der Waals surface area contributed by atoms with Crippen LogP contribution in [0.5, 0.6) is 0 Å². The number of alkyl halides is 3. The zero-order valence-corrected chi connectivity index (χ0v) is 18.2. The van der Waals surface area contributed by atoms with Crippen LogP contribution in [0.2, 0.25) is 0 Å². The van der Waals surface area contributed by atoms with E-state index in [2.05, 4.69) is 14.0 Å². The van der Waals surface area contributed by atoms with Crippen molar-refractivity contribution in [1.29, 1.82) is 0 Å². The first kappa shape index (κ1) is 20.3. The van der Waals surface area contributed by atoms with Gasteiger partial charge in [-0.3, -0.25) is 0 Å². The summed E-state index contributed by atoms with van der Waals surface area (Å²) in [7, 11) is -2.36. The Kier molecular flexibility index (Phi) is 5.91. The van der Waals surface area contributed by atoms with Crippen molar-refractivity contribution >= 4 is 59.6 Å². The van der Waals surface area contributed by atoms with E-state index in [4.69, 9.17) is 0 Å². The van der Waals surface area contributed by atoms with Gasteiger partial charge < -0.3 is 9.88 Å². The van der Waals surface area contributed by atoms with E-state index in [-0.39, 0.29) is 11.5 Å². The van der Waals surface area contributed by atoms with Crippen LogP contribution in [0.15, 0.2) is 61.6 Å².